The van der Waals surface area contributed by atoms with Crippen molar-refractivity contribution in [3.8, 4) is 5.75 Å². The summed E-state index contributed by atoms with van der Waals surface area (Å²) in [6, 6.07) is 7.12. The van der Waals surface area contributed by atoms with Crippen molar-refractivity contribution in [3.63, 3.8) is 0 Å². The lowest BCUT2D eigenvalue weighted by atomic mass is 9.87. The van der Waals surface area contributed by atoms with Crippen LogP contribution in [-0.4, -0.2) is 25.4 Å². The first kappa shape index (κ1) is 14.9. The van der Waals surface area contributed by atoms with Crippen LogP contribution in [0.5, 0.6) is 5.75 Å². The second-order valence-corrected chi connectivity index (χ2v) is 6.32. The van der Waals surface area contributed by atoms with Crippen LogP contribution in [0, 0.1) is 0 Å². The molecule has 0 radical (unpaired) electrons. The van der Waals surface area contributed by atoms with E-state index in [-0.39, 0.29) is 6.10 Å². The van der Waals surface area contributed by atoms with Crippen LogP contribution in [0.15, 0.2) is 18.2 Å². The summed E-state index contributed by atoms with van der Waals surface area (Å²) >= 11 is 0. The van der Waals surface area contributed by atoms with E-state index in [2.05, 4.69) is 37.4 Å². The van der Waals surface area contributed by atoms with Gasteiger partial charge in [0.05, 0.1) is 12.2 Å². The quantitative estimate of drug-likeness (QED) is 0.898. The molecule has 1 aromatic rings. The average Bonchev–Trinajstić information content (AvgIpc) is 2.91. The molecule has 1 aliphatic carbocycles. The van der Waals surface area contributed by atoms with Crippen LogP contribution in [-0.2, 0) is 11.2 Å². The molecule has 0 bridgehead atoms. The Hall–Kier alpha value is -1.06. The number of benzene rings is 1. The van der Waals surface area contributed by atoms with Gasteiger partial charge in [-0.05, 0) is 68.8 Å². The highest BCUT2D eigenvalue weighted by Gasteiger charge is 2.23. The molecule has 3 heteroatoms. The summed E-state index contributed by atoms with van der Waals surface area (Å²) in [5, 5.41) is 3.58. The van der Waals surface area contributed by atoms with Gasteiger partial charge in [-0.3, -0.25) is 0 Å². The zero-order valence-electron chi connectivity index (χ0n) is 13.2. The monoisotopic (exact) mass is 289 g/mol. The molecule has 1 aliphatic heterocycles. The van der Waals surface area contributed by atoms with Crippen LogP contribution in [0.3, 0.4) is 0 Å². The molecule has 1 aromatic carbocycles. The van der Waals surface area contributed by atoms with E-state index in [9.17, 15) is 0 Å². The fraction of sp³-hybridized carbons (Fsp3) is 0.667. The molecule has 3 atom stereocenters. The van der Waals surface area contributed by atoms with Gasteiger partial charge in [-0.25, -0.2) is 0 Å². The summed E-state index contributed by atoms with van der Waals surface area (Å²) < 4.78 is 11.8. The van der Waals surface area contributed by atoms with Crippen LogP contribution < -0.4 is 10.1 Å². The third-order valence-electron chi connectivity index (χ3n) is 4.64. The van der Waals surface area contributed by atoms with Crippen LogP contribution in [0.1, 0.15) is 56.7 Å². The Morgan fingerprint density at radius 2 is 2.19 bits per heavy atom. The third-order valence-corrected chi connectivity index (χ3v) is 4.64. The van der Waals surface area contributed by atoms with Gasteiger partial charge in [-0.1, -0.05) is 13.0 Å². The van der Waals surface area contributed by atoms with Gasteiger partial charge in [-0.15, -0.1) is 0 Å². The molecule has 0 saturated carbocycles. The van der Waals surface area contributed by atoms with E-state index in [0.717, 1.165) is 25.1 Å². The fourth-order valence-corrected chi connectivity index (χ4v) is 3.54. The molecule has 1 N–H and O–H groups in total. The van der Waals surface area contributed by atoms with Crippen LogP contribution >= 0.6 is 0 Å². The minimum atomic E-state index is 0.269. The number of nitrogens with one attached hydrogen (secondary N) is 1. The lowest BCUT2D eigenvalue weighted by Crippen LogP contribution is -2.25. The number of hydrogen-bond donors (Lipinski definition) is 1. The first-order valence-corrected chi connectivity index (χ1v) is 8.40. The van der Waals surface area contributed by atoms with Crippen molar-refractivity contribution in [2.45, 2.75) is 64.2 Å². The summed E-state index contributed by atoms with van der Waals surface area (Å²) in [4.78, 5) is 0. The first-order valence-electron chi connectivity index (χ1n) is 8.40. The number of aryl methyl sites for hydroxylation is 1. The second-order valence-electron chi connectivity index (χ2n) is 6.32. The normalized spacial score (nSPS) is 28.4. The molecule has 3 rings (SSSR count). The third kappa shape index (κ3) is 3.58. The number of rotatable bonds is 5. The predicted molar refractivity (Wildman–Crippen MR) is 84.9 cm³/mol. The lowest BCUT2D eigenvalue weighted by molar-refractivity contribution is 0.0264. The van der Waals surface area contributed by atoms with E-state index in [1.54, 1.807) is 0 Å². The summed E-state index contributed by atoms with van der Waals surface area (Å²) in [6.45, 7) is 6.02. The Kier molecular flexibility index (Phi) is 4.81. The average molecular weight is 289 g/mol. The summed E-state index contributed by atoms with van der Waals surface area (Å²) in [6.07, 6.45) is 6.61. The molecule has 0 spiro atoms. The topological polar surface area (TPSA) is 30.5 Å². The van der Waals surface area contributed by atoms with Gasteiger partial charge in [0.2, 0.25) is 0 Å². The van der Waals surface area contributed by atoms with Gasteiger partial charge in [0.15, 0.2) is 0 Å². The van der Waals surface area contributed by atoms with Gasteiger partial charge in [0.25, 0.3) is 0 Å². The molecule has 116 valence electrons. The van der Waals surface area contributed by atoms with E-state index >= 15 is 0 Å². The zero-order chi connectivity index (χ0) is 14.7. The first-order chi connectivity index (χ1) is 10.3. The lowest BCUT2D eigenvalue weighted by Gasteiger charge is -2.26. The molecule has 0 aromatic heterocycles. The summed E-state index contributed by atoms with van der Waals surface area (Å²) in [5.74, 6) is 0.994. The molecule has 1 saturated heterocycles. The van der Waals surface area contributed by atoms with Crippen molar-refractivity contribution in [1.82, 2.24) is 5.32 Å². The summed E-state index contributed by atoms with van der Waals surface area (Å²) in [5.41, 5.74) is 2.91. The molecular weight excluding hydrogens is 262 g/mol. The van der Waals surface area contributed by atoms with Crippen molar-refractivity contribution < 1.29 is 9.47 Å². The van der Waals surface area contributed by atoms with E-state index in [1.165, 1.54) is 30.4 Å². The minimum Gasteiger partial charge on any atom is -0.491 e. The maximum Gasteiger partial charge on any atom is 0.119 e. The molecule has 0 amide bonds. The molecular formula is C18H27NO2. The van der Waals surface area contributed by atoms with Crippen LogP contribution in [0.4, 0.5) is 0 Å². The molecule has 1 heterocycles. The molecule has 3 unspecified atom stereocenters. The van der Waals surface area contributed by atoms with Gasteiger partial charge in [0.1, 0.15) is 12.4 Å². The highest BCUT2D eigenvalue weighted by molar-refractivity contribution is 5.39. The molecule has 1 fully saturated rings. The number of hydrogen-bond acceptors (Lipinski definition) is 3. The maximum absolute atomic E-state index is 5.95. The number of fused-ring (bicyclic) bond motifs is 1. The van der Waals surface area contributed by atoms with Gasteiger partial charge in [-0.2, -0.15) is 0 Å². The Bertz CT molecular complexity index is 474. The summed E-state index contributed by atoms with van der Waals surface area (Å²) in [7, 11) is 0. The van der Waals surface area contributed by atoms with Crippen molar-refractivity contribution in [1.29, 1.82) is 0 Å². The maximum atomic E-state index is 5.95. The van der Waals surface area contributed by atoms with E-state index < -0.39 is 0 Å². The van der Waals surface area contributed by atoms with Crippen molar-refractivity contribution in [3.05, 3.63) is 29.3 Å². The van der Waals surface area contributed by atoms with E-state index in [1.807, 2.05) is 0 Å². The van der Waals surface area contributed by atoms with E-state index in [4.69, 9.17) is 9.47 Å². The fourth-order valence-electron chi connectivity index (χ4n) is 3.54. The SMILES string of the molecule is CCNC1CCCc2cc(OCC3CCC(C)O3)ccc21. The van der Waals surface area contributed by atoms with Crippen LogP contribution in [0.2, 0.25) is 0 Å². The van der Waals surface area contributed by atoms with E-state index in [0.29, 0.717) is 18.8 Å². The zero-order valence-corrected chi connectivity index (χ0v) is 13.2. The Balaban J connectivity index is 1.62. The van der Waals surface area contributed by atoms with Crippen molar-refractivity contribution in [2.24, 2.45) is 0 Å². The smallest absolute Gasteiger partial charge is 0.119 e. The minimum absolute atomic E-state index is 0.269. The molecule has 3 nitrogen and oxygen atoms in total. The highest BCUT2D eigenvalue weighted by Crippen LogP contribution is 2.32. The highest BCUT2D eigenvalue weighted by atomic mass is 16.5. The molecule has 2 aliphatic rings. The Labute approximate surface area is 128 Å². The van der Waals surface area contributed by atoms with Crippen molar-refractivity contribution in [2.75, 3.05) is 13.2 Å². The van der Waals surface area contributed by atoms with Gasteiger partial charge < -0.3 is 14.8 Å². The van der Waals surface area contributed by atoms with Crippen molar-refractivity contribution >= 4 is 0 Å². The largest absolute Gasteiger partial charge is 0.491 e. The number of ether oxygens (including phenoxy) is 2. The Morgan fingerprint density at radius 3 is 2.95 bits per heavy atom. The second kappa shape index (κ2) is 6.80. The predicted octanol–water partition coefficient (Wildman–Crippen LogP) is 3.62. The van der Waals surface area contributed by atoms with Crippen LogP contribution in [0.25, 0.3) is 0 Å². The van der Waals surface area contributed by atoms with Gasteiger partial charge >= 0.3 is 0 Å². The van der Waals surface area contributed by atoms with Gasteiger partial charge in [0, 0.05) is 6.04 Å². The standard InChI is InChI=1S/C18H27NO2/c1-3-19-18-6-4-5-14-11-15(9-10-17(14)18)20-12-16-8-7-13(2)21-16/h9-11,13,16,18-19H,3-8,12H2,1-2H3. The molecule has 21 heavy (non-hydrogen) atoms. The Morgan fingerprint density at radius 1 is 1.29 bits per heavy atom.